The highest BCUT2D eigenvalue weighted by atomic mass is 16.2. The number of rotatable bonds is 6. The fraction of sp³-hybridized carbons (Fsp3) is 0.643. The molecule has 34 heavy (non-hydrogen) atoms. The van der Waals surface area contributed by atoms with Crippen LogP contribution in [0.15, 0.2) is 36.4 Å². The smallest absolute Gasteiger partial charge is 0.243 e. The van der Waals surface area contributed by atoms with Gasteiger partial charge in [0, 0.05) is 35.3 Å². The molecule has 3 fully saturated rings. The molecule has 1 aromatic carbocycles. The zero-order chi connectivity index (χ0) is 23.9. The Labute approximate surface area is 203 Å². The van der Waals surface area contributed by atoms with Gasteiger partial charge in [-0.15, -0.1) is 0 Å². The van der Waals surface area contributed by atoms with E-state index in [2.05, 4.69) is 35.9 Å². The van der Waals surface area contributed by atoms with Crippen LogP contribution in [0.2, 0.25) is 0 Å². The van der Waals surface area contributed by atoms with E-state index in [1.165, 1.54) is 0 Å². The van der Waals surface area contributed by atoms with Crippen molar-refractivity contribution in [1.29, 1.82) is 0 Å². The number of fused-ring (bicyclic) bond motifs is 5. The Morgan fingerprint density at radius 2 is 1.94 bits per heavy atom. The maximum atomic E-state index is 13.5. The normalized spacial score (nSPS) is 38.3. The zero-order valence-corrected chi connectivity index (χ0v) is 20.6. The monoisotopic (exact) mass is 464 g/mol. The Balaban J connectivity index is 1.29. The second-order valence-corrected chi connectivity index (χ2v) is 11.5. The predicted octanol–water partition coefficient (Wildman–Crippen LogP) is 4.30. The third kappa shape index (κ3) is 3.94. The molecule has 5 rings (SSSR count). The van der Waals surface area contributed by atoms with Gasteiger partial charge in [0.05, 0.1) is 0 Å². The lowest BCUT2D eigenvalue weighted by Gasteiger charge is -2.58. The van der Waals surface area contributed by atoms with Gasteiger partial charge in [0.1, 0.15) is 0 Å². The summed E-state index contributed by atoms with van der Waals surface area (Å²) in [4.78, 5) is 25.5. The molecule has 0 unspecified atom stereocenters. The van der Waals surface area contributed by atoms with Crippen molar-refractivity contribution in [2.75, 3.05) is 23.7 Å². The van der Waals surface area contributed by atoms with E-state index in [0.29, 0.717) is 24.3 Å². The Morgan fingerprint density at radius 1 is 1.12 bits per heavy atom. The van der Waals surface area contributed by atoms with Crippen LogP contribution in [0.4, 0.5) is 11.4 Å². The molecule has 1 aromatic rings. The first kappa shape index (κ1) is 23.4. The molecule has 3 saturated carbocycles. The SMILES string of the molecule is C[C@]12C=CC(=O)N[C@@H]1CC[C@@H]1[C@@H]2CC[C@]2(C)[C@@H](C(=O)Nc3cccc(NCCCN)c3)CC[C@@H]12. The van der Waals surface area contributed by atoms with Gasteiger partial charge in [-0.3, -0.25) is 9.59 Å². The average molecular weight is 465 g/mol. The maximum absolute atomic E-state index is 13.5. The lowest BCUT2D eigenvalue weighted by Crippen LogP contribution is -2.59. The van der Waals surface area contributed by atoms with Crippen LogP contribution in [0, 0.1) is 34.5 Å². The van der Waals surface area contributed by atoms with Gasteiger partial charge in [-0.25, -0.2) is 0 Å². The third-order valence-corrected chi connectivity index (χ3v) is 9.84. The first-order valence-corrected chi connectivity index (χ1v) is 13.2. The molecule has 2 amide bonds. The first-order chi connectivity index (χ1) is 16.3. The van der Waals surface area contributed by atoms with E-state index < -0.39 is 0 Å². The minimum atomic E-state index is 0.0375. The molecule has 0 spiro atoms. The summed E-state index contributed by atoms with van der Waals surface area (Å²) in [5, 5.41) is 9.85. The summed E-state index contributed by atoms with van der Waals surface area (Å²) in [7, 11) is 0. The molecule has 6 nitrogen and oxygen atoms in total. The molecule has 3 aliphatic carbocycles. The minimum absolute atomic E-state index is 0.0375. The van der Waals surface area contributed by atoms with Gasteiger partial charge in [-0.1, -0.05) is 26.0 Å². The summed E-state index contributed by atoms with van der Waals surface area (Å²) in [6.45, 7) is 6.22. The Kier molecular flexibility index (Phi) is 6.21. The molecule has 4 aliphatic rings. The number of nitrogens with one attached hydrogen (secondary N) is 3. The van der Waals surface area contributed by atoms with Crippen LogP contribution in [-0.2, 0) is 9.59 Å². The van der Waals surface area contributed by atoms with Crippen LogP contribution in [0.1, 0.15) is 58.8 Å². The second kappa shape index (κ2) is 9.03. The fourth-order valence-corrected chi connectivity index (χ4v) is 8.04. The molecule has 0 radical (unpaired) electrons. The number of hydrogen-bond acceptors (Lipinski definition) is 4. The summed E-state index contributed by atoms with van der Waals surface area (Å²) in [5.41, 5.74) is 7.55. The van der Waals surface area contributed by atoms with E-state index in [4.69, 9.17) is 5.73 Å². The van der Waals surface area contributed by atoms with Crippen LogP contribution in [-0.4, -0.2) is 30.9 Å². The Hall–Kier alpha value is -2.34. The van der Waals surface area contributed by atoms with Gasteiger partial charge in [0.2, 0.25) is 11.8 Å². The third-order valence-electron chi connectivity index (χ3n) is 9.84. The minimum Gasteiger partial charge on any atom is -0.385 e. The summed E-state index contributed by atoms with van der Waals surface area (Å²) in [6.07, 6.45) is 11.4. The Morgan fingerprint density at radius 3 is 2.76 bits per heavy atom. The lowest BCUT2D eigenvalue weighted by molar-refractivity contribution is -0.129. The molecule has 184 valence electrons. The van der Waals surface area contributed by atoms with Crippen molar-refractivity contribution in [3.63, 3.8) is 0 Å². The topological polar surface area (TPSA) is 96.2 Å². The van der Waals surface area contributed by atoms with Crippen molar-refractivity contribution in [3.8, 4) is 0 Å². The van der Waals surface area contributed by atoms with Gasteiger partial charge in [-0.05, 0) is 98.9 Å². The average Bonchev–Trinajstić information content (AvgIpc) is 3.17. The highest BCUT2D eigenvalue weighted by molar-refractivity contribution is 5.94. The van der Waals surface area contributed by atoms with Gasteiger partial charge in [-0.2, -0.15) is 0 Å². The van der Waals surface area contributed by atoms with E-state index in [1.54, 1.807) is 6.08 Å². The van der Waals surface area contributed by atoms with E-state index in [1.807, 2.05) is 24.3 Å². The molecule has 0 saturated heterocycles. The second-order valence-electron chi connectivity index (χ2n) is 11.5. The van der Waals surface area contributed by atoms with E-state index >= 15 is 0 Å². The fourth-order valence-electron chi connectivity index (χ4n) is 8.04. The van der Waals surface area contributed by atoms with E-state index in [-0.39, 0.29) is 34.6 Å². The number of hydrogen-bond donors (Lipinski definition) is 4. The summed E-state index contributed by atoms with van der Waals surface area (Å²) >= 11 is 0. The quantitative estimate of drug-likeness (QED) is 0.472. The van der Waals surface area contributed by atoms with Crippen molar-refractivity contribution < 1.29 is 9.59 Å². The van der Waals surface area contributed by atoms with Crippen molar-refractivity contribution in [2.45, 2.75) is 64.8 Å². The molecule has 6 heteroatoms. The highest BCUT2D eigenvalue weighted by Crippen LogP contribution is 2.65. The molecule has 0 bridgehead atoms. The number of carbonyl (C=O) groups is 2. The van der Waals surface area contributed by atoms with Crippen LogP contribution >= 0.6 is 0 Å². The van der Waals surface area contributed by atoms with Gasteiger partial charge < -0.3 is 21.7 Å². The number of carbonyl (C=O) groups excluding carboxylic acids is 2. The molecular formula is C28H40N4O2. The summed E-state index contributed by atoms with van der Waals surface area (Å²) in [6, 6.07) is 8.26. The highest BCUT2D eigenvalue weighted by Gasteiger charge is 2.60. The molecular weight excluding hydrogens is 424 g/mol. The van der Waals surface area contributed by atoms with E-state index in [0.717, 1.165) is 62.9 Å². The molecule has 5 N–H and O–H groups in total. The van der Waals surface area contributed by atoms with Crippen LogP contribution in [0.5, 0.6) is 0 Å². The van der Waals surface area contributed by atoms with Crippen molar-refractivity contribution >= 4 is 23.2 Å². The molecule has 0 aromatic heterocycles. The standard InChI is InChI=1S/C28H40N4O2/c1-27-13-11-22-20(7-10-24-28(22,2)14-12-25(33)32-24)21(27)8-9-23(27)26(34)31-19-6-3-5-18(17-19)30-16-4-15-29/h3,5-6,12,14,17,20-24,30H,4,7-11,13,15-16,29H2,1-2H3,(H,31,34)(H,32,33)/t20-,21-,22-,23+,24+,27-,28+/m0/s1. The largest absolute Gasteiger partial charge is 0.385 e. The number of nitrogens with two attached hydrogens (primary N) is 1. The van der Waals surface area contributed by atoms with E-state index in [9.17, 15) is 9.59 Å². The number of amides is 2. The van der Waals surface area contributed by atoms with Crippen LogP contribution < -0.4 is 21.7 Å². The van der Waals surface area contributed by atoms with Crippen molar-refractivity contribution in [2.24, 2.45) is 40.2 Å². The molecule has 1 heterocycles. The Bertz CT molecular complexity index is 977. The van der Waals surface area contributed by atoms with Crippen molar-refractivity contribution in [1.82, 2.24) is 5.32 Å². The lowest BCUT2D eigenvalue weighted by atomic mass is 9.48. The molecule has 7 atom stereocenters. The van der Waals surface area contributed by atoms with Crippen molar-refractivity contribution in [3.05, 3.63) is 36.4 Å². The van der Waals surface area contributed by atoms with Gasteiger partial charge in [0.25, 0.3) is 0 Å². The first-order valence-electron chi connectivity index (χ1n) is 13.2. The van der Waals surface area contributed by atoms with Crippen LogP contribution in [0.25, 0.3) is 0 Å². The van der Waals surface area contributed by atoms with Gasteiger partial charge >= 0.3 is 0 Å². The molecule has 1 aliphatic heterocycles. The number of anilines is 2. The summed E-state index contributed by atoms with van der Waals surface area (Å²) in [5.74, 6) is 2.08. The maximum Gasteiger partial charge on any atom is 0.243 e. The predicted molar refractivity (Wildman–Crippen MR) is 136 cm³/mol. The zero-order valence-electron chi connectivity index (χ0n) is 20.6. The number of benzene rings is 1. The van der Waals surface area contributed by atoms with Gasteiger partial charge in [0.15, 0.2) is 0 Å². The van der Waals surface area contributed by atoms with Crippen LogP contribution in [0.3, 0.4) is 0 Å². The summed E-state index contributed by atoms with van der Waals surface area (Å²) < 4.78 is 0.